The Hall–Kier alpha value is -3.39. The predicted molar refractivity (Wildman–Crippen MR) is 108 cm³/mol. The molecule has 1 atom stereocenters. The van der Waals surface area contributed by atoms with Crippen LogP contribution in [0.25, 0.3) is 10.9 Å². The molecular weight excluding hydrogens is 376 g/mol. The molecular formula is C21H24N2O6. The van der Waals surface area contributed by atoms with E-state index in [0.717, 1.165) is 0 Å². The summed E-state index contributed by atoms with van der Waals surface area (Å²) in [7, 11) is 6.17. The van der Waals surface area contributed by atoms with Gasteiger partial charge in [0.15, 0.2) is 11.5 Å². The summed E-state index contributed by atoms with van der Waals surface area (Å²) < 4.78 is 21.3. The van der Waals surface area contributed by atoms with Crippen molar-refractivity contribution in [1.82, 2.24) is 10.3 Å². The van der Waals surface area contributed by atoms with Gasteiger partial charge in [0, 0.05) is 18.0 Å². The molecule has 3 aromatic rings. The largest absolute Gasteiger partial charge is 0.497 e. The summed E-state index contributed by atoms with van der Waals surface area (Å²) >= 11 is 0. The zero-order chi connectivity index (χ0) is 21.0. The average Bonchev–Trinajstić information content (AvgIpc) is 3.21. The van der Waals surface area contributed by atoms with Crippen molar-refractivity contribution in [2.45, 2.75) is 6.10 Å². The number of aliphatic hydroxyl groups is 1. The Labute approximate surface area is 168 Å². The molecule has 0 aliphatic heterocycles. The number of methoxy groups -OCH3 is 4. The number of ether oxygens (including phenoxy) is 4. The monoisotopic (exact) mass is 400 g/mol. The summed E-state index contributed by atoms with van der Waals surface area (Å²) in [4.78, 5) is 15.7. The van der Waals surface area contributed by atoms with Crippen molar-refractivity contribution in [2.75, 3.05) is 35.0 Å². The molecule has 3 N–H and O–H groups in total. The highest BCUT2D eigenvalue weighted by atomic mass is 16.5. The molecule has 29 heavy (non-hydrogen) atoms. The van der Waals surface area contributed by atoms with Crippen LogP contribution in [0.4, 0.5) is 0 Å². The van der Waals surface area contributed by atoms with Crippen molar-refractivity contribution in [3.63, 3.8) is 0 Å². The molecule has 2 aromatic carbocycles. The number of fused-ring (bicyclic) bond motifs is 1. The Balaban J connectivity index is 1.79. The Morgan fingerprint density at radius 1 is 1.00 bits per heavy atom. The van der Waals surface area contributed by atoms with E-state index in [9.17, 15) is 9.90 Å². The van der Waals surface area contributed by atoms with E-state index < -0.39 is 6.10 Å². The number of nitrogens with one attached hydrogen (secondary N) is 2. The third-order valence-electron chi connectivity index (χ3n) is 4.64. The van der Waals surface area contributed by atoms with Crippen LogP contribution in [0.15, 0.2) is 36.4 Å². The van der Waals surface area contributed by atoms with Crippen LogP contribution in [0.5, 0.6) is 23.0 Å². The average molecular weight is 400 g/mol. The smallest absolute Gasteiger partial charge is 0.267 e. The van der Waals surface area contributed by atoms with E-state index in [2.05, 4.69) is 10.3 Å². The van der Waals surface area contributed by atoms with Gasteiger partial charge in [-0.1, -0.05) is 12.1 Å². The van der Waals surface area contributed by atoms with Crippen molar-refractivity contribution >= 4 is 16.8 Å². The number of aliphatic hydroxyl groups excluding tert-OH is 1. The maximum absolute atomic E-state index is 12.6. The van der Waals surface area contributed by atoms with E-state index >= 15 is 0 Å². The van der Waals surface area contributed by atoms with E-state index in [4.69, 9.17) is 18.9 Å². The molecule has 0 aliphatic carbocycles. The quantitative estimate of drug-likeness (QED) is 0.537. The van der Waals surface area contributed by atoms with Crippen LogP contribution in [-0.4, -0.2) is 51.0 Å². The molecule has 0 saturated carbocycles. The van der Waals surface area contributed by atoms with Gasteiger partial charge >= 0.3 is 0 Å². The number of rotatable bonds is 8. The molecule has 8 nitrogen and oxygen atoms in total. The van der Waals surface area contributed by atoms with Gasteiger partial charge in [0.2, 0.25) is 0 Å². The van der Waals surface area contributed by atoms with Crippen molar-refractivity contribution in [3.05, 3.63) is 47.7 Å². The predicted octanol–water partition coefficient (Wildman–Crippen LogP) is 2.67. The fraction of sp³-hybridized carbons (Fsp3) is 0.286. The number of aromatic amines is 1. The Morgan fingerprint density at radius 3 is 2.28 bits per heavy atom. The highest BCUT2D eigenvalue weighted by Gasteiger charge is 2.20. The lowest BCUT2D eigenvalue weighted by molar-refractivity contribution is 0.0912. The first-order valence-corrected chi connectivity index (χ1v) is 8.94. The van der Waals surface area contributed by atoms with E-state index in [1.165, 1.54) is 14.2 Å². The van der Waals surface area contributed by atoms with Gasteiger partial charge in [0.05, 0.1) is 40.1 Å². The number of amides is 1. The van der Waals surface area contributed by atoms with E-state index in [-0.39, 0.29) is 12.5 Å². The molecule has 0 spiro atoms. The highest BCUT2D eigenvalue weighted by Crippen LogP contribution is 2.41. The van der Waals surface area contributed by atoms with Crippen LogP contribution in [0, 0.1) is 0 Å². The normalized spacial score (nSPS) is 11.8. The summed E-state index contributed by atoms with van der Waals surface area (Å²) in [5.74, 6) is 1.84. The second kappa shape index (κ2) is 8.74. The van der Waals surface area contributed by atoms with Crippen LogP contribution < -0.4 is 24.3 Å². The van der Waals surface area contributed by atoms with Crippen LogP contribution in [0.3, 0.4) is 0 Å². The maximum Gasteiger partial charge on any atom is 0.267 e. The van der Waals surface area contributed by atoms with Gasteiger partial charge < -0.3 is 34.4 Å². The molecule has 154 valence electrons. The highest BCUT2D eigenvalue weighted by molar-refractivity contribution is 6.02. The van der Waals surface area contributed by atoms with Crippen LogP contribution in [-0.2, 0) is 0 Å². The number of benzene rings is 2. The lowest BCUT2D eigenvalue weighted by atomic mass is 10.1. The molecule has 1 unspecified atom stereocenters. The van der Waals surface area contributed by atoms with Gasteiger partial charge in [-0.15, -0.1) is 0 Å². The Kier molecular flexibility index (Phi) is 6.13. The standard InChI is InChI=1S/C21H24N2O6/c1-26-13-7-5-12(6-8-13)16(24)11-22-21(25)15-9-14-17(27-2)10-18(28-3)20(29-4)19(14)23-15/h5-10,16,23-24H,11H2,1-4H3,(H,22,25). The molecule has 0 radical (unpaired) electrons. The number of carbonyl (C=O) groups is 1. The topological polar surface area (TPSA) is 102 Å². The minimum Gasteiger partial charge on any atom is -0.497 e. The minimum absolute atomic E-state index is 0.0537. The third kappa shape index (κ3) is 4.07. The number of hydrogen-bond donors (Lipinski definition) is 3. The molecule has 0 saturated heterocycles. The lowest BCUT2D eigenvalue weighted by Crippen LogP contribution is -2.28. The SMILES string of the molecule is COc1ccc(C(O)CNC(=O)c2cc3c(OC)cc(OC)c(OC)c3[nH]2)cc1. The van der Waals surface area contributed by atoms with Crippen molar-refractivity contribution < 1.29 is 28.8 Å². The van der Waals surface area contributed by atoms with Crippen LogP contribution in [0.1, 0.15) is 22.2 Å². The van der Waals surface area contributed by atoms with Crippen LogP contribution >= 0.6 is 0 Å². The Morgan fingerprint density at radius 2 is 1.69 bits per heavy atom. The summed E-state index contributed by atoms with van der Waals surface area (Å²) in [6.07, 6.45) is -0.849. The first-order chi connectivity index (χ1) is 14.0. The fourth-order valence-corrected chi connectivity index (χ4v) is 3.09. The second-order valence-electron chi connectivity index (χ2n) is 6.29. The van der Waals surface area contributed by atoms with E-state index in [0.29, 0.717) is 45.2 Å². The summed E-state index contributed by atoms with van der Waals surface area (Å²) in [5, 5.41) is 13.7. The van der Waals surface area contributed by atoms with Gasteiger partial charge in [-0.2, -0.15) is 0 Å². The molecule has 1 amide bonds. The summed E-state index contributed by atoms with van der Waals surface area (Å²) in [6.45, 7) is 0.0537. The number of carbonyl (C=O) groups excluding carboxylic acids is 1. The van der Waals surface area contributed by atoms with Crippen molar-refractivity contribution in [1.29, 1.82) is 0 Å². The number of aromatic nitrogens is 1. The molecule has 1 aromatic heterocycles. The van der Waals surface area contributed by atoms with Crippen molar-refractivity contribution in [3.8, 4) is 23.0 Å². The summed E-state index contributed by atoms with van der Waals surface area (Å²) in [6, 6.07) is 10.4. The Bertz CT molecular complexity index is 997. The second-order valence-corrected chi connectivity index (χ2v) is 6.29. The molecule has 0 fully saturated rings. The first-order valence-electron chi connectivity index (χ1n) is 8.94. The van der Waals surface area contributed by atoms with Gasteiger partial charge in [0.25, 0.3) is 5.91 Å². The van der Waals surface area contributed by atoms with Gasteiger partial charge in [0.1, 0.15) is 17.2 Å². The molecule has 3 rings (SSSR count). The van der Waals surface area contributed by atoms with E-state index in [1.54, 1.807) is 50.6 Å². The maximum atomic E-state index is 12.6. The van der Waals surface area contributed by atoms with Gasteiger partial charge in [-0.05, 0) is 23.8 Å². The molecule has 0 bridgehead atoms. The van der Waals surface area contributed by atoms with Gasteiger partial charge in [-0.3, -0.25) is 4.79 Å². The number of hydrogen-bond acceptors (Lipinski definition) is 6. The van der Waals surface area contributed by atoms with Crippen LogP contribution in [0.2, 0.25) is 0 Å². The molecule has 0 aliphatic rings. The van der Waals surface area contributed by atoms with Crippen molar-refractivity contribution in [2.24, 2.45) is 0 Å². The third-order valence-corrected chi connectivity index (χ3v) is 4.64. The lowest BCUT2D eigenvalue weighted by Gasteiger charge is -2.12. The van der Waals surface area contributed by atoms with E-state index in [1.807, 2.05) is 0 Å². The fourth-order valence-electron chi connectivity index (χ4n) is 3.09. The number of H-pyrrole nitrogens is 1. The first kappa shape index (κ1) is 20.3. The summed E-state index contributed by atoms with van der Waals surface area (Å²) in [5.41, 5.74) is 1.58. The molecule has 8 heteroatoms. The van der Waals surface area contributed by atoms with Gasteiger partial charge in [-0.25, -0.2) is 0 Å². The zero-order valence-electron chi connectivity index (χ0n) is 16.7. The zero-order valence-corrected chi connectivity index (χ0v) is 16.7. The molecule has 1 heterocycles. The minimum atomic E-state index is -0.849.